The van der Waals surface area contributed by atoms with Crippen molar-refractivity contribution in [3.63, 3.8) is 0 Å². The summed E-state index contributed by atoms with van der Waals surface area (Å²) in [6.07, 6.45) is 1.40. The molecule has 3 rings (SSSR count). The van der Waals surface area contributed by atoms with Gasteiger partial charge in [-0.15, -0.1) is 0 Å². The zero-order chi connectivity index (χ0) is 22.9. The molecule has 3 aromatic rings. The minimum absolute atomic E-state index is 0.00280. The van der Waals surface area contributed by atoms with Crippen molar-refractivity contribution in [1.82, 2.24) is 0 Å². The number of nitriles is 1. The van der Waals surface area contributed by atoms with E-state index in [9.17, 15) is 14.4 Å². The van der Waals surface area contributed by atoms with Crippen molar-refractivity contribution in [2.24, 2.45) is 0 Å². The highest BCUT2D eigenvalue weighted by Crippen LogP contribution is 2.31. The van der Waals surface area contributed by atoms with E-state index in [4.69, 9.17) is 21.1 Å². The summed E-state index contributed by atoms with van der Waals surface area (Å²) >= 11 is 6.18. The normalized spacial score (nSPS) is 10.9. The van der Waals surface area contributed by atoms with Gasteiger partial charge in [0, 0.05) is 10.6 Å². The maximum absolute atomic E-state index is 13.8. The van der Waals surface area contributed by atoms with Gasteiger partial charge < -0.3 is 14.8 Å². The van der Waals surface area contributed by atoms with E-state index in [0.717, 1.165) is 5.56 Å². The molecule has 0 saturated heterocycles. The standard InChI is InChI=1S/C25H20ClFN2O3/c1-2-31-24-14-17(11-12-23(24)32-16-18-7-3-4-8-20(18)26)13-19(15-28)25(30)29-22-10-6-5-9-21(22)27/h3-14H,2,16H2,1H3,(H,29,30)/b19-13+. The number of carbonyl (C=O) groups is 1. The molecule has 0 aliphatic heterocycles. The van der Waals surface area contributed by atoms with Crippen LogP contribution in [0.4, 0.5) is 10.1 Å². The van der Waals surface area contributed by atoms with E-state index in [1.165, 1.54) is 24.3 Å². The summed E-state index contributed by atoms with van der Waals surface area (Å²) < 4.78 is 25.3. The van der Waals surface area contributed by atoms with Crippen LogP contribution >= 0.6 is 11.6 Å². The van der Waals surface area contributed by atoms with Crippen LogP contribution in [0.15, 0.2) is 72.3 Å². The van der Waals surface area contributed by atoms with Gasteiger partial charge >= 0.3 is 0 Å². The fraction of sp³-hybridized carbons (Fsp3) is 0.120. The lowest BCUT2D eigenvalue weighted by Gasteiger charge is -2.13. The number of anilines is 1. The van der Waals surface area contributed by atoms with E-state index in [0.29, 0.717) is 28.7 Å². The number of benzene rings is 3. The van der Waals surface area contributed by atoms with Crippen LogP contribution in [0.3, 0.4) is 0 Å². The fourth-order valence-corrected chi connectivity index (χ4v) is 3.03. The first-order valence-corrected chi connectivity index (χ1v) is 10.2. The van der Waals surface area contributed by atoms with Crippen molar-refractivity contribution in [2.45, 2.75) is 13.5 Å². The molecule has 0 bridgehead atoms. The van der Waals surface area contributed by atoms with Gasteiger partial charge in [0.05, 0.1) is 12.3 Å². The topological polar surface area (TPSA) is 71.3 Å². The number of hydrogen-bond donors (Lipinski definition) is 1. The highest BCUT2D eigenvalue weighted by atomic mass is 35.5. The monoisotopic (exact) mass is 450 g/mol. The van der Waals surface area contributed by atoms with Crippen LogP contribution in [0.25, 0.3) is 6.08 Å². The summed E-state index contributed by atoms with van der Waals surface area (Å²) in [5.74, 6) is -0.343. The van der Waals surface area contributed by atoms with Gasteiger partial charge in [0.1, 0.15) is 24.1 Å². The molecule has 0 aromatic heterocycles. The molecule has 1 amide bonds. The summed E-state index contributed by atoms with van der Waals surface area (Å²) in [5.41, 5.74) is 1.20. The Kier molecular flexibility index (Phi) is 7.85. The van der Waals surface area contributed by atoms with Crippen molar-refractivity contribution in [3.05, 3.63) is 94.3 Å². The second kappa shape index (κ2) is 11.0. The predicted octanol–water partition coefficient (Wildman–Crippen LogP) is 6.00. The Morgan fingerprint density at radius 1 is 1.09 bits per heavy atom. The number of rotatable bonds is 8. The van der Waals surface area contributed by atoms with E-state index < -0.39 is 11.7 Å². The minimum atomic E-state index is -0.713. The van der Waals surface area contributed by atoms with Crippen molar-refractivity contribution in [1.29, 1.82) is 5.26 Å². The molecular weight excluding hydrogens is 431 g/mol. The Labute approximate surface area is 190 Å². The van der Waals surface area contributed by atoms with Crippen molar-refractivity contribution < 1.29 is 18.7 Å². The van der Waals surface area contributed by atoms with Crippen molar-refractivity contribution >= 4 is 29.3 Å². The highest BCUT2D eigenvalue weighted by Gasteiger charge is 2.13. The van der Waals surface area contributed by atoms with Crippen LogP contribution in [0.1, 0.15) is 18.1 Å². The molecule has 0 unspecified atom stereocenters. The van der Waals surface area contributed by atoms with E-state index >= 15 is 0 Å². The second-order valence-corrected chi connectivity index (χ2v) is 7.03. The average molecular weight is 451 g/mol. The maximum Gasteiger partial charge on any atom is 0.266 e. The van der Waals surface area contributed by atoms with Gasteiger partial charge in [-0.1, -0.05) is 48.0 Å². The number of carbonyl (C=O) groups excluding carboxylic acids is 1. The first kappa shape index (κ1) is 22.9. The second-order valence-electron chi connectivity index (χ2n) is 6.62. The van der Waals surface area contributed by atoms with E-state index in [-0.39, 0.29) is 17.9 Å². The van der Waals surface area contributed by atoms with Gasteiger partial charge in [0.15, 0.2) is 11.5 Å². The van der Waals surface area contributed by atoms with Gasteiger partial charge in [-0.05, 0) is 48.9 Å². The SMILES string of the molecule is CCOc1cc(/C=C(\C#N)C(=O)Nc2ccccc2F)ccc1OCc1ccccc1Cl. The van der Waals surface area contributed by atoms with Crippen LogP contribution in [-0.4, -0.2) is 12.5 Å². The molecule has 0 radical (unpaired) electrons. The molecular formula is C25H20ClFN2O3. The zero-order valence-electron chi connectivity index (χ0n) is 17.3. The first-order valence-electron chi connectivity index (χ1n) is 9.82. The molecule has 0 fully saturated rings. The van der Waals surface area contributed by atoms with Crippen LogP contribution < -0.4 is 14.8 Å². The van der Waals surface area contributed by atoms with Gasteiger partial charge in [-0.2, -0.15) is 5.26 Å². The Bertz CT molecular complexity index is 1190. The van der Waals surface area contributed by atoms with Gasteiger partial charge in [0.2, 0.25) is 0 Å². The highest BCUT2D eigenvalue weighted by molar-refractivity contribution is 6.31. The van der Waals surface area contributed by atoms with Crippen LogP contribution in [-0.2, 0) is 11.4 Å². The molecule has 0 heterocycles. The molecule has 162 valence electrons. The Morgan fingerprint density at radius 3 is 2.56 bits per heavy atom. The third kappa shape index (κ3) is 5.87. The average Bonchev–Trinajstić information content (AvgIpc) is 2.79. The zero-order valence-corrected chi connectivity index (χ0v) is 18.0. The summed E-state index contributed by atoms with van der Waals surface area (Å²) in [5, 5.41) is 12.4. The predicted molar refractivity (Wildman–Crippen MR) is 122 cm³/mol. The summed E-state index contributed by atoms with van der Waals surface area (Å²) in [7, 11) is 0. The number of nitrogens with one attached hydrogen (secondary N) is 1. The van der Waals surface area contributed by atoms with E-state index in [2.05, 4.69) is 5.32 Å². The summed E-state index contributed by atoms with van der Waals surface area (Å²) in [4.78, 5) is 12.4. The fourth-order valence-electron chi connectivity index (χ4n) is 2.84. The van der Waals surface area contributed by atoms with Crippen LogP contribution in [0.2, 0.25) is 5.02 Å². The summed E-state index contributed by atoms with van der Waals surface area (Å²) in [6, 6.07) is 20.0. The molecule has 0 aliphatic carbocycles. The quantitative estimate of drug-likeness (QED) is 0.337. The van der Waals surface area contributed by atoms with Crippen molar-refractivity contribution in [3.8, 4) is 17.6 Å². The lowest BCUT2D eigenvalue weighted by molar-refractivity contribution is -0.112. The lowest BCUT2D eigenvalue weighted by Crippen LogP contribution is -2.14. The molecule has 32 heavy (non-hydrogen) atoms. The number of halogens is 2. The summed E-state index contributed by atoms with van der Waals surface area (Å²) in [6.45, 7) is 2.49. The van der Waals surface area contributed by atoms with Gasteiger partial charge in [0.25, 0.3) is 5.91 Å². The Balaban J connectivity index is 1.80. The molecule has 0 aliphatic rings. The maximum atomic E-state index is 13.8. The molecule has 0 atom stereocenters. The third-order valence-electron chi connectivity index (χ3n) is 4.41. The molecule has 0 saturated carbocycles. The third-order valence-corrected chi connectivity index (χ3v) is 4.78. The Morgan fingerprint density at radius 2 is 1.84 bits per heavy atom. The van der Waals surface area contributed by atoms with Gasteiger partial charge in [-0.25, -0.2) is 4.39 Å². The van der Waals surface area contributed by atoms with Crippen LogP contribution in [0.5, 0.6) is 11.5 Å². The van der Waals surface area contributed by atoms with Crippen molar-refractivity contribution in [2.75, 3.05) is 11.9 Å². The number of hydrogen-bond acceptors (Lipinski definition) is 4. The number of ether oxygens (including phenoxy) is 2. The van der Waals surface area contributed by atoms with Crippen LogP contribution in [0, 0.1) is 17.1 Å². The molecule has 1 N–H and O–H groups in total. The largest absolute Gasteiger partial charge is 0.490 e. The smallest absolute Gasteiger partial charge is 0.266 e. The molecule has 7 heteroatoms. The first-order chi connectivity index (χ1) is 15.5. The number of amides is 1. The Hall–Kier alpha value is -3.82. The lowest BCUT2D eigenvalue weighted by atomic mass is 10.1. The molecule has 5 nitrogen and oxygen atoms in total. The number of para-hydroxylation sites is 1. The van der Waals surface area contributed by atoms with Gasteiger partial charge in [-0.3, -0.25) is 4.79 Å². The number of nitrogens with zero attached hydrogens (tertiary/aromatic N) is 1. The molecule has 0 spiro atoms. The van der Waals surface area contributed by atoms with E-state index in [1.54, 1.807) is 30.3 Å². The minimum Gasteiger partial charge on any atom is -0.490 e. The molecule has 3 aromatic carbocycles. The van der Waals surface area contributed by atoms with E-state index in [1.807, 2.05) is 31.2 Å².